The van der Waals surface area contributed by atoms with Crippen molar-refractivity contribution in [1.29, 1.82) is 0 Å². The zero-order valence-electron chi connectivity index (χ0n) is 12.7. The summed E-state index contributed by atoms with van der Waals surface area (Å²) in [4.78, 5) is 13.2. The summed E-state index contributed by atoms with van der Waals surface area (Å²) in [6.07, 6.45) is 4.30. The lowest BCUT2D eigenvalue weighted by molar-refractivity contribution is -0.385. The minimum atomic E-state index is -0.293. The maximum absolute atomic E-state index is 11.0. The fraction of sp³-hybridized carbons (Fsp3) is 0.625. The Balaban J connectivity index is 1.98. The number of benzene rings is 1. The van der Waals surface area contributed by atoms with Crippen LogP contribution in [0.5, 0.6) is 0 Å². The summed E-state index contributed by atoms with van der Waals surface area (Å²) >= 11 is 0. The van der Waals surface area contributed by atoms with Crippen LogP contribution in [0, 0.1) is 16.0 Å². The van der Waals surface area contributed by atoms with E-state index >= 15 is 0 Å². The molecule has 0 spiro atoms. The van der Waals surface area contributed by atoms with Crippen LogP contribution in [0.1, 0.15) is 31.7 Å². The van der Waals surface area contributed by atoms with Gasteiger partial charge in [-0.2, -0.15) is 0 Å². The minimum Gasteiger partial charge on any atom is -0.329 e. The average molecular weight is 291 g/mol. The van der Waals surface area contributed by atoms with Crippen molar-refractivity contribution in [3.63, 3.8) is 0 Å². The van der Waals surface area contributed by atoms with Gasteiger partial charge >= 0.3 is 0 Å². The molecule has 2 rings (SSSR count). The summed E-state index contributed by atoms with van der Waals surface area (Å²) in [6, 6.07) is 7.45. The van der Waals surface area contributed by atoms with Crippen molar-refractivity contribution in [3.8, 4) is 0 Å². The van der Waals surface area contributed by atoms with Crippen molar-refractivity contribution in [2.45, 2.75) is 38.6 Å². The van der Waals surface area contributed by atoms with Gasteiger partial charge in [-0.25, -0.2) is 0 Å². The summed E-state index contributed by atoms with van der Waals surface area (Å²) in [5.74, 6) is 0.779. The molecule has 2 atom stereocenters. The number of piperidine rings is 1. The lowest BCUT2D eigenvalue weighted by Gasteiger charge is -2.38. The molecule has 1 aliphatic rings. The van der Waals surface area contributed by atoms with E-state index in [0.717, 1.165) is 31.0 Å². The summed E-state index contributed by atoms with van der Waals surface area (Å²) in [6.45, 7) is 4.82. The Labute approximate surface area is 126 Å². The van der Waals surface area contributed by atoms with Crippen molar-refractivity contribution in [3.05, 3.63) is 39.9 Å². The van der Waals surface area contributed by atoms with E-state index in [1.165, 1.54) is 12.8 Å². The Hall–Kier alpha value is -1.46. The van der Waals surface area contributed by atoms with Gasteiger partial charge in [-0.1, -0.05) is 31.5 Å². The topological polar surface area (TPSA) is 72.4 Å². The number of para-hydroxylation sites is 1. The molecule has 0 aromatic heterocycles. The smallest absolute Gasteiger partial charge is 0.272 e. The highest BCUT2D eigenvalue weighted by Crippen LogP contribution is 2.26. The molecule has 0 radical (unpaired) electrons. The number of hydrogen-bond donors (Lipinski definition) is 1. The predicted molar refractivity (Wildman–Crippen MR) is 84.2 cm³/mol. The van der Waals surface area contributed by atoms with Crippen molar-refractivity contribution < 1.29 is 4.92 Å². The van der Waals surface area contributed by atoms with Gasteiger partial charge in [-0.05, 0) is 31.7 Å². The van der Waals surface area contributed by atoms with E-state index in [1.807, 2.05) is 12.1 Å². The van der Waals surface area contributed by atoms with Crippen LogP contribution >= 0.6 is 0 Å². The monoisotopic (exact) mass is 291 g/mol. The molecule has 1 saturated heterocycles. The van der Waals surface area contributed by atoms with E-state index in [-0.39, 0.29) is 10.6 Å². The van der Waals surface area contributed by atoms with E-state index in [1.54, 1.807) is 12.1 Å². The molecule has 0 aliphatic carbocycles. The summed E-state index contributed by atoms with van der Waals surface area (Å²) in [7, 11) is 0. The van der Waals surface area contributed by atoms with Crippen LogP contribution in [-0.2, 0) is 6.42 Å². The predicted octanol–water partition coefficient (Wildman–Crippen LogP) is 2.59. The first-order chi connectivity index (χ1) is 10.2. The third kappa shape index (κ3) is 4.02. The zero-order chi connectivity index (χ0) is 15.2. The van der Waals surface area contributed by atoms with Crippen molar-refractivity contribution >= 4 is 5.69 Å². The molecule has 5 heteroatoms. The van der Waals surface area contributed by atoms with Gasteiger partial charge < -0.3 is 5.73 Å². The minimum absolute atomic E-state index is 0.227. The quantitative estimate of drug-likeness (QED) is 0.646. The first-order valence-electron chi connectivity index (χ1n) is 7.82. The molecule has 1 fully saturated rings. The van der Waals surface area contributed by atoms with Gasteiger partial charge in [-0.3, -0.25) is 15.0 Å². The van der Waals surface area contributed by atoms with Crippen molar-refractivity contribution in [1.82, 2.24) is 4.90 Å². The van der Waals surface area contributed by atoms with Gasteiger partial charge in [-0.15, -0.1) is 0 Å². The maximum atomic E-state index is 11.0. The van der Waals surface area contributed by atoms with Gasteiger partial charge in [0.2, 0.25) is 0 Å². The van der Waals surface area contributed by atoms with E-state index in [9.17, 15) is 10.1 Å². The Morgan fingerprint density at radius 1 is 1.43 bits per heavy atom. The number of hydrogen-bond acceptors (Lipinski definition) is 4. The number of nitrogens with two attached hydrogens (primary N) is 1. The normalized spacial score (nSPS) is 23.1. The van der Waals surface area contributed by atoms with Crippen LogP contribution < -0.4 is 5.73 Å². The molecule has 0 saturated carbocycles. The molecule has 1 aromatic rings. The van der Waals surface area contributed by atoms with Gasteiger partial charge in [0.15, 0.2) is 0 Å². The lowest BCUT2D eigenvalue weighted by Crippen LogP contribution is -2.47. The Morgan fingerprint density at radius 3 is 2.86 bits per heavy atom. The molecule has 1 aliphatic heterocycles. The first-order valence-corrected chi connectivity index (χ1v) is 7.82. The van der Waals surface area contributed by atoms with Gasteiger partial charge in [0, 0.05) is 30.8 Å². The van der Waals surface area contributed by atoms with Crippen LogP contribution in [0.25, 0.3) is 0 Å². The highest BCUT2D eigenvalue weighted by atomic mass is 16.6. The fourth-order valence-electron chi connectivity index (χ4n) is 3.26. The fourth-order valence-corrected chi connectivity index (χ4v) is 3.26. The summed E-state index contributed by atoms with van der Waals surface area (Å²) < 4.78 is 0. The number of likely N-dealkylation sites (tertiary alicyclic amines) is 1. The standard InChI is InChI=1S/C16H25N3O2/c1-2-13-7-9-18(15(11-13)12-17)10-8-14-5-3-4-6-16(14)19(20)21/h3-6,13,15H,2,7-12,17H2,1H3. The molecule has 116 valence electrons. The highest BCUT2D eigenvalue weighted by molar-refractivity contribution is 5.39. The second kappa shape index (κ2) is 7.52. The summed E-state index contributed by atoms with van der Waals surface area (Å²) in [5.41, 5.74) is 6.95. The third-order valence-corrected chi connectivity index (χ3v) is 4.65. The molecule has 0 bridgehead atoms. The van der Waals surface area contributed by atoms with Gasteiger partial charge in [0.05, 0.1) is 4.92 Å². The number of nitrogens with zero attached hydrogens (tertiary/aromatic N) is 2. The molecular weight excluding hydrogens is 266 g/mol. The Morgan fingerprint density at radius 2 is 2.19 bits per heavy atom. The molecule has 1 aromatic carbocycles. The molecule has 0 amide bonds. The molecule has 2 unspecified atom stereocenters. The SMILES string of the molecule is CCC1CCN(CCc2ccccc2[N+](=O)[O-])C(CN)C1. The second-order valence-electron chi connectivity index (χ2n) is 5.86. The van der Waals surface area contributed by atoms with E-state index in [2.05, 4.69) is 11.8 Å². The van der Waals surface area contributed by atoms with Crippen LogP contribution in [0.2, 0.25) is 0 Å². The van der Waals surface area contributed by atoms with Crippen molar-refractivity contribution in [2.75, 3.05) is 19.6 Å². The van der Waals surface area contributed by atoms with Crippen LogP contribution in [0.3, 0.4) is 0 Å². The molecule has 5 nitrogen and oxygen atoms in total. The average Bonchev–Trinajstić information content (AvgIpc) is 2.52. The third-order valence-electron chi connectivity index (χ3n) is 4.65. The second-order valence-corrected chi connectivity index (χ2v) is 5.86. The van der Waals surface area contributed by atoms with Crippen LogP contribution in [0.4, 0.5) is 5.69 Å². The molecular formula is C16H25N3O2. The van der Waals surface area contributed by atoms with Gasteiger partial charge in [0.1, 0.15) is 0 Å². The Kier molecular flexibility index (Phi) is 5.70. The zero-order valence-corrected chi connectivity index (χ0v) is 12.7. The largest absolute Gasteiger partial charge is 0.329 e. The molecule has 2 N–H and O–H groups in total. The number of nitro groups is 1. The lowest BCUT2D eigenvalue weighted by atomic mass is 9.88. The van der Waals surface area contributed by atoms with E-state index in [0.29, 0.717) is 19.0 Å². The van der Waals surface area contributed by atoms with E-state index < -0.39 is 0 Å². The number of rotatable bonds is 6. The van der Waals surface area contributed by atoms with Gasteiger partial charge in [0.25, 0.3) is 5.69 Å². The maximum Gasteiger partial charge on any atom is 0.272 e. The Bertz CT molecular complexity index is 478. The van der Waals surface area contributed by atoms with Crippen molar-refractivity contribution in [2.24, 2.45) is 11.7 Å². The van der Waals surface area contributed by atoms with E-state index in [4.69, 9.17) is 5.73 Å². The van der Waals surface area contributed by atoms with Crippen LogP contribution in [-0.4, -0.2) is 35.5 Å². The van der Waals surface area contributed by atoms with Crippen LogP contribution in [0.15, 0.2) is 24.3 Å². The number of nitro benzene ring substituents is 1. The molecule has 1 heterocycles. The first kappa shape index (κ1) is 15.9. The highest BCUT2D eigenvalue weighted by Gasteiger charge is 2.26. The molecule has 21 heavy (non-hydrogen) atoms. The summed E-state index contributed by atoms with van der Waals surface area (Å²) in [5, 5.41) is 11.0.